The van der Waals surface area contributed by atoms with E-state index in [1.807, 2.05) is 42.5 Å². The van der Waals surface area contributed by atoms with Gasteiger partial charge in [0.2, 0.25) is 0 Å². The van der Waals surface area contributed by atoms with Crippen molar-refractivity contribution in [1.82, 2.24) is 5.32 Å². The summed E-state index contributed by atoms with van der Waals surface area (Å²) < 4.78 is 13.7. The molecule has 0 radical (unpaired) electrons. The van der Waals surface area contributed by atoms with Crippen LogP contribution >= 0.6 is 0 Å². The molecule has 0 spiro atoms. The lowest BCUT2D eigenvalue weighted by molar-refractivity contribution is 0.0914. The summed E-state index contributed by atoms with van der Waals surface area (Å²) in [6.07, 6.45) is -1.10. The van der Waals surface area contributed by atoms with E-state index in [4.69, 9.17) is 0 Å². The first-order valence-electron chi connectivity index (χ1n) is 8.02. The zero-order chi connectivity index (χ0) is 17.6. The smallest absolute Gasteiger partial charge is 0.252 e. The summed E-state index contributed by atoms with van der Waals surface area (Å²) in [5, 5.41) is 12.8. The Morgan fingerprint density at radius 2 is 1.56 bits per heavy atom. The van der Waals surface area contributed by atoms with Gasteiger partial charge in [0.1, 0.15) is 5.82 Å². The van der Waals surface area contributed by atoms with Crippen molar-refractivity contribution in [3.05, 3.63) is 95.8 Å². The van der Waals surface area contributed by atoms with E-state index in [-0.39, 0.29) is 18.0 Å². The van der Waals surface area contributed by atoms with E-state index >= 15 is 0 Å². The van der Waals surface area contributed by atoms with Gasteiger partial charge < -0.3 is 10.4 Å². The van der Waals surface area contributed by atoms with Crippen molar-refractivity contribution in [3.63, 3.8) is 0 Å². The highest BCUT2D eigenvalue weighted by atomic mass is 19.1. The number of benzene rings is 3. The van der Waals surface area contributed by atoms with E-state index in [2.05, 4.69) is 5.32 Å². The molecule has 1 unspecified atom stereocenters. The van der Waals surface area contributed by atoms with Crippen LogP contribution in [-0.4, -0.2) is 17.6 Å². The van der Waals surface area contributed by atoms with E-state index < -0.39 is 11.9 Å². The number of carbonyl (C=O) groups excluding carboxylic acids is 1. The number of hydrogen-bond donors (Lipinski definition) is 2. The van der Waals surface area contributed by atoms with Gasteiger partial charge in [0, 0.05) is 17.7 Å². The summed E-state index contributed by atoms with van der Waals surface area (Å²) in [5.74, 6) is -0.802. The zero-order valence-corrected chi connectivity index (χ0v) is 13.5. The fourth-order valence-electron chi connectivity index (χ4n) is 2.69. The Kier molecular flexibility index (Phi) is 5.21. The van der Waals surface area contributed by atoms with Crippen molar-refractivity contribution < 1.29 is 14.3 Å². The maximum Gasteiger partial charge on any atom is 0.252 e. The quantitative estimate of drug-likeness (QED) is 0.741. The molecular weight excluding hydrogens is 317 g/mol. The molecule has 0 fully saturated rings. The highest BCUT2D eigenvalue weighted by molar-refractivity contribution is 6.00. The van der Waals surface area contributed by atoms with Crippen LogP contribution in [0.3, 0.4) is 0 Å². The molecule has 3 nitrogen and oxygen atoms in total. The number of rotatable bonds is 5. The zero-order valence-electron chi connectivity index (χ0n) is 13.5. The number of halogens is 1. The molecule has 0 saturated heterocycles. The SMILES string of the molecule is O=C(NCC(O)c1ccccc1F)c1ccccc1-c1ccccc1. The first-order chi connectivity index (χ1) is 12.2. The molecule has 0 aromatic heterocycles. The molecular formula is C21H18FNO2. The highest BCUT2D eigenvalue weighted by Gasteiger charge is 2.16. The van der Waals surface area contributed by atoms with Crippen LogP contribution in [0.2, 0.25) is 0 Å². The molecule has 0 aliphatic heterocycles. The van der Waals surface area contributed by atoms with Crippen molar-refractivity contribution in [2.75, 3.05) is 6.54 Å². The predicted octanol–water partition coefficient (Wildman–Crippen LogP) is 3.96. The minimum Gasteiger partial charge on any atom is -0.386 e. The van der Waals surface area contributed by atoms with Crippen LogP contribution in [0.4, 0.5) is 4.39 Å². The third-order valence-electron chi connectivity index (χ3n) is 3.98. The van der Waals surface area contributed by atoms with Crippen LogP contribution < -0.4 is 5.32 Å². The van der Waals surface area contributed by atoms with Gasteiger partial charge in [0.25, 0.3) is 5.91 Å². The van der Waals surface area contributed by atoms with Crippen LogP contribution in [0.15, 0.2) is 78.9 Å². The predicted molar refractivity (Wildman–Crippen MR) is 95.6 cm³/mol. The maximum atomic E-state index is 13.7. The van der Waals surface area contributed by atoms with Crippen molar-refractivity contribution >= 4 is 5.91 Å². The average Bonchev–Trinajstić information content (AvgIpc) is 2.67. The highest BCUT2D eigenvalue weighted by Crippen LogP contribution is 2.23. The van der Waals surface area contributed by atoms with Gasteiger partial charge in [-0.3, -0.25) is 4.79 Å². The Morgan fingerprint density at radius 3 is 2.32 bits per heavy atom. The van der Waals surface area contributed by atoms with E-state index in [0.717, 1.165) is 11.1 Å². The number of aliphatic hydroxyl groups is 1. The number of amides is 1. The van der Waals surface area contributed by atoms with Crippen LogP contribution in [-0.2, 0) is 0 Å². The summed E-state index contributed by atoms with van der Waals surface area (Å²) in [6.45, 7) is -0.0666. The van der Waals surface area contributed by atoms with Crippen LogP contribution in [0.5, 0.6) is 0 Å². The molecule has 3 aromatic rings. The van der Waals surface area contributed by atoms with Gasteiger partial charge in [-0.2, -0.15) is 0 Å². The second kappa shape index (κ2) is 7.73. The summed E-state index contributed by atoms with van der Waals surface area (Å²) >= 11 is 0. The van der Waals surface area contributed by atoms with E-state index in [0.29, 0.717) is 5.56 Å². The normalized spacial score (nSPS) is 11.8. The van der Waals surface area contributed by atoms with Gasteiger partial charge in [0.05, 0.1) is 6.10 Å². The van der Waals surface area contributed by atoms with E-state index in [9.17, 15) is 14.3 Å². The first kappa shape index (κ1) is 16.9. The Labute approximate surface area is 145 Å². The molecule has 0 saturated carbocycles. The van der Waals surface area contributed by atoms with Gasteiger partial charge in [-0.1, -0.05) is 66.7 Å². The minimum atomic E-state index is -1.10. The summed E-state index contributed by atoms with van der Waals surface area (Å²) in [4.78, 5) is 12.5. The van der Waals surface area contributed by atoms with Crippen LogP contribution in [0.25, 0.3) is 11.1 Å². The number of hydrogen-bond acceptors (Lipinski definition) is 2. The van der Waals surface area contributed by atoms with Gasteiger partial charge in [-0.15, -0.1) is 0 Å². The third-order valence-corrected chi connectivity index (χ3v) is 3.98. The summed E-state index contributed by atoms with van der Waals surface area (Å²) in [7, 11) is 0. The Balaban J connectivity index is 1.75. The Hall–Kier alpha value is -2.98. The summed E-state index contributed by atoms with van der Waals surface area (Å²) in [5.41, 5.74) is 2.41. The van der Waals surface area contributed by atoms with Crippen molar-refractivity contribution in [3.8, 4) is 11.1 Å². The molecule has 1 amide bonds. The fraction of sp³-hybridized carbons (Fsp3) is 0.0952. The molecule has 25 heavy (non-hydrogen) atoms. The average molecular weight is 335 g/mol. The number of nitrogens with one attached hydrogen (secondary N) is 1. The Bertz CT molecular complexity index is 865. The molecule has 1 atom stereocenters. The molecule has 3 aromatic carbocycles. The second-order valence-corrected chi connectivity index (χ2v) is 5.66. The van der Waals surface area contributed by atoms with Crippen molar-refractivity contribution in [1.29, 1.82) is 0 Å². The molecule has 0 heterocycles. The summed E-state index contributed by atoms with van der Waals surface area (Å²) in [6, 6.07) is 22.8. The van der Waals surface area contributed by atoms with E-state index in [1.165, 1.54) is 12.1 Å². The third kappa shape index (κ3) is 3.92. The number of carbonyl (C=O) groups is 1. The van der Waals surface area contributed by atoms with Crippen molar-refractivity contribution in [2.24, 2.45) is 0 Å². The van der Waals surface area contributed by atoms with Gasteiger partial charge in [-0.05, 0) is 23.3 Å². The van der Waals surface area contributed by atoms with Crippen LogP contribution in [0, 0.1) is 5.82 Å². The molecule has 4 heteroatoms. The monoisotopic (exact) mass is 335 g/mol. The largest absolute Gasteiger partial charge is 0.386 e. The number of aliphatic hydroxyl groups excluding tert-OH is 1. The lowest BCUT2D eigenvalue weighted by Gasteiger charge is -2.14. The van der Waals surface area contributed by atoms with Gasteiger partial charge in [0.15, 0.2) is 0 Å². The molecule has 0 bridgehead atoms. The molecule has 3 rings (SSSR count). The fourth-order valence-corrected chi connectivity index (χ4v) is 2.69. The van der Waals surface area contributed by atoms with Gasteiger partial charge >= 0.3 is 0 Å². The molecule has 0 aliphatic rings. The molecule has 0 aliphatic carbocycles. The molecule has 2 N–H and O–H groups in total. The topological polar surface area (TPSA) is 49.3 Å². The lowest BCUT2D eigenvalue weighted by Crippen LogP contribution is -2.29. The Morgan fingerprint density at radius 1 is 0.920 bits per heavy atom. The minimum absolute atomic E-state index is 0.0666. The maximum absolute atomic E-state index is 13.7. The standard InChI is InChI=1S/C21H18FNO2/c22-19-13-7-6-12-18(19)20(24)14-23-21(25)17-11-5-4-10-16(17)15-8-2-1-3-9-15/h1-13,20,24H,14H2,(H,23,25). The van der Waals surface area contributed by atoms with E-state index in [1.54, 1.807) is 24.3 Å². The first-order valence-corrected chi connectivity index (χ1v) is 8.02. The van der Waals surface area contributed by atoms with Crippen LogP contribution in [0.1, 0.15) is 22.0 Å². The van der Waals surface area contributed by atoms with Crippen molar-refractivity contribution in [2.45, 2.75) is 6.10 Å². The lowest BCUT2D eigenvalue weighted by atomic mass is 9.99. The van der Waals surface area contributed by atoms with Gasteiger partial charge in [-0.25, -0.2) is 4.39 Å². The second-order valence-electron chi connectivity index (χ2n) is 5.66. The molecule has 126 valence electrons.